The second-order valence-corrected chi connectivity index (χ2v) is 4.46. The van der Waals surface area contributed by atoms with Gasteiger partial charge in [0.05, 0.1) is 18.7 Å². The molecule has 0 aliphatic rings. The Balaban J connectivity index is 2.57. The standard InChI is InChI=1S/C13H14F3N3O/c1-8-3-4-10(13(14,15)16)7-11(8)12-17-9(2)18-19(12)5-6-20/h3-4,7,20H,5-6H2,1-2H3. The number of aliphatic hydroxyl groups excluding tert-OH is 1. The van der Waals surface area contributed by atoms with Crippen molar-refractivity contribution in [1.82, 2.24) is 14.8 Å². The van der Waals surface area contributed by atoms with Gasteiger partial charge >= 0.3 is 6.18 Å². The molecule has 20 heavy (non-hydrogen) atoms. The quantitative estimate of drug-likeness (QED) is 0.943. The van der Waals surface area contributed by atoms with Gasteiger partial charge in [0.1, 0.15) is 5.82 Å². The van der Waals surface area contributed by atoms with Gasteiger partial charge in [0, 0.05) is 5.56 Å². The molecule has 0 spiro atoms. The Morgan fingerprint density at radius 3 is 2.55 bits per heavy atom. The van der Waals surface area contributed by atoms with Crippen LogP contribution in [0.4, 0.5) is 13.2 Å². The average molecular weight is 285 g/mol. The Labute approximate surface area is 113 Å². The zero-order valence-electron chi connectivity index (χ0n) is 11.1. The molecule has 108 valence electrons. The summed E-state index contributed by atoms with van der Waals surface area (Å²) in [5.41, 5.74) is 0.313. The first-order valence-corrected chi connectivity index (χ1v) is 6.03. The largest absolute Gasteiger partial charge is 0.416 e. The molecule has 0 bridgehead atoms. The van der Waals surface area contributed by atoms with Gasteiger partial charge in [-0.05, 0) is 31.5 Å². The molecule has 0 radical (unpaired) electrons. The van der Waals surface area contributed by atoms with Gasteiger partial charge in [0.25, 0.3) is 0 Å². The van der Waals surface area contributed by atoms with E-state index < -0.39 is 11.7 Å². The van der Waals surface area contributed by atoms with Gasteiger partial charge in [-0.1, -0.05) is 6.07 Å². The number of nitrogens with zero attached hydrogens (tertiary/aromatic N) is 3. The molecular weight excluding hydrogens is 271 g/mol. The molecule has 7 heteroatoms. The molecule has 0 atom stereocenters. The smallest absolute Gasteiger partial charge is 0.394 e. The third-order valence-corrected chi connectivity index (χ3v) is 2.90. The number of halogens is 3. The molecule has 4 nitrogen and oxygen atoms in total. The first-order valence-electron chi connectivity index (χ1n) is 6.03. The number of aromatic nitrogens is 3. The van der Waals surface area contributed by atoms with Gasteiger partial charge in [0.2, 0.25) is 0 Å². The summed E-state index contributed by atoms with van der Waals surface area (Å²) in [7, 11) is 0. The van der Waals surface area contributed by atoms with E-state index in [0.29, 0.717) is 22.8 Å². The summed E-state index contributed by atoms with van der Waals surface area (Å²) in [5.74, 6) is 0.783. The summed E-state index contributed by atoms with van der Waals surface area (Å²) < 4.78 is 39.8. The van der Waals surface area contributed by atoms with Gasteiger partial charge < -0.3 is 5.11 Å². The van der Waals surface area contributed by atoms with Crippen molar-refractivity contribution in [1.29, 1.82) is 0 Å². The summed E-state index contributed by atoms with van der Waals surface area (Å²) in [6.07, 6.45) is -4.40. The number of hydrogen-bond donors (Lipinski definition) is 1. The second kappa shape index (κ2) is 5.24. The highest BCUT2D eigenvalue weighted by molar-refractivity contribution is 5.61. The normalized spacial score (nSPS) is 11.9. The van der Waals surface area contributed by atoms with E-state index in [4.69, 9.17) is 5.11 Å². The maximum absolute atomic E-state index is 12.8. The number of aryl methyl sites for hydroxylation is 2. The van der Waals surface area contributed by atoms with Crippen LogP contribution < -0.4 is 0 Å². The van der Waals surface area contributed by atoms with Crippen molar-refractivity contribution in [3.05, 3.63) is 35.2 Å². The van der Waals surface area contributed by atoms with Crippen molar-refractivity contribution in [2.45, 2.75) is 26.6 Å². The SMILES string of the molecule is Cc1nc(-c2cc(C(F)(F)F)ccc2C)n(CCO)n1. The molecule has 0 aliphatic carbocycles. The van der Waals surface area contributed by atoms with Gasteiger partial charge in [-0.2, -0.15) is 18.3 Å². The van der Waals surface area contributed by atoms with Crippen molar-refractivity contribution in [3.63, 3.8) is 0 Å². The maximum atomic E-state index is 12.8. The fraction of sp³-hybridized carbons (Fsp3) is 0.385. The Bertz CT molecular complexity index is 620. The minimum atomic E-state index is -4.40. The van der Waals surface area contributed by atoms with Crippen LogP contribution in [0.3, 0.4) is 0 Å². The molecule has 2 rings (SSSR count). The Morgan fingerprint density at radius 1 is 1.25 bits per heavy atom. The number of alkyl halides is 3. The van der Waals surface area contributed by atoms with E-state index in [-0.39, 0.29) is 13.2 Å². The second-order valence-electron chi connectivity index (χ2n) is 4.46. The van der Waals surface area contributed by atoms with Gasteiger partial charge in [-0.25, -0.2) is 9.67 Å². The van der Waals surface area contributed by atoms with Gasteiger partial charge in [0.15, 0.2) is 5.82 Å². The third-order valence-electron chi connectivity index (χ3n) is 2.90. The van der Waals surface area contributed by atoms with E-state index in [1.54, 1.807) is 13.8 Å². The first-order chi connectivity index (χ1) is 9.32. The van der Waals surface area contributed by atoms with Crippen LogP contribution in [0.25, 0.3) is 11.4 Å². The highest BCUT2D eigenvalue weighted by Gasteiger charge is 2.31. The molecule has 0 saturated heterocycles. The number of rotatable bonds is 3. The molecular formula is C13H14F3N3O. The fourth-order valence-corrected chi connectivity index (χ4v) is 1.94. The van der Waals surface area contributed by atoms with Crippen LogP contribution in [0.1, 0.15) is 17.0 Å². The Morgan fingerprint density at radius 2 is 1.95 bits per heavy atom. The van der Waals surface area contributed by atoms with Crippen molar-refractivity contribution in [2.24, 2.45) is 0 Å². The predicted octanol–water partition coefficient (Wildman–Crippen LogP) is 2.57. The molecule has 0 aliphatic heterocycles. The zero-order chi connectivity index (χ0) is 14.9. The summed E-state index contributed by atoms with van der Waals surface area (Å²) in [4.78, 5) is 4.16. The monoisotopic (exact) mass is 285 g/mol. The molecule has 0 unspecified atom stereocenters. The topological polar surface area (TPSA) is 50.9 Å². The summed E-state index contributed by atoms with van der Waals surface area (Å²) in [6.45, 7) is 3.39. The van der Waals surface area contributed by atoms with Crippen LogP contribution in [0.15, 0.2) is 18.2 Å². The lowest BCUT2D eigenvalue weighted by Crippen LogP contribution is -2.09. The highest BCUT2D eigenvalue weighted by atomic mass is 19.4. The first kappa shape index (κ1) is 14.5. The van der Waals surface area contributed by atoms with Crippen molar-refractivity contribution < 1.29 is 18.3 Å². The maximum Gasteiger partial charge on any atom is 0.416 e. The van der Waals surface area contributed by atoms with Crippen LogP contribution >= 0.6 is 0 Å². The van der Waals surface area contributed by atoms with Gasteiger partial charge in [-0.3, -0.25) is 0 Å². The molecule has 1 aromatic heterocycles. The molecule has 2 aromatic rings. The Hall–Kier alpha value is -1.89. The third kappa shape index (κ3) is 2.82. The molecule has 0 amide bonds. The molecule has 1 aromatic carbocycles. The minimum Gasteiger partial charge on any atom is -0.394 e. The number of benzene rings is 1. The molecule has 1 heterocycles. The van der Waals surface area contributed by atoms with Crippen LogP contribution in [0.2, 0.25) is 0 Å². The number of hydrogen-bond acceptors (Lipinski definition) is 3. The lowest BCUT2D eigenvalue weighted by Gasteiger charge is -2.11. The summed E-state index contributed by atoms with van der Waals surface area (Å²) in [6, 6.07) is 3.51. The van der Waals surface area contributed by atoms with Gasteiger partial charge in [-0.15, -0.1) is 0 Å². The highest BCUT2D eigenvalue weighted by Crippen LogP contribution is 2.33. The minimum absolute atomic E-state index is 0.159. The zero-order valence-corrected chi connectivity index (χ0v) is 11.1. The number of aliphatic hydroxyl groups is 1. The lowest BCUT2D eigenvalue weighted by molar-refractivity contribution is -0.137. The van der Waals surface area contributed by atoms with Crippen LogP contribution in [0, 0.1) is 13.8 Å². The van der Waals surface area contributed by atoms with E-state index >= 15 is 0 Å². The average Bonchev–Trinajstić information content (AvgIpc) is 2.70. The lowest BCUT2D eigenvalue weighted by atomic mass is 10.0. The van der Waals surface area contributed by atoms with E-state index in [0.717, 1.165) is 12.1 Å². The van der Waals surface area contributed by atoms with Crippen LogP contribution in [0.5, 0.6) is 0 Å². The van der Waals surface area contributed by atoms with Crippen molar-refractivity contribution in [3.8, 4) is 11.4 Å². The van der Waals surface area contributed by atoms with E-state index in [9.17, 15) is 13.2 Å². The predicted molar refractivity (Wildman–Crippen MR) is 67.0 cm³/mol. The van der Waals surface area contributed by atoms with Crippen LogP contribution in [-0.2, 0) is 12.7 Å². The van der Waals surface area contributed by atoms with Crippen molar-refractivity contribution >= 4 is 0 Å². The van der Waals surface area contributed by atoms with Crippen LogP contribution in [-0.4, -0.2) is 26.5 Å². The molecule has 0 fully saturated rings. The van der Waals surface area contributed by atoms with E-state index in [1.807, 2.05) is 0 Å². The fourth-order valence-electron chi connectivity index (χ4n) is 1.94. The molecule has 0 saturated carbocycles. The summed E-state index contributed by atoms with van der Waals surface area (Å²) >= 11 is 0. The van der Waals surface area contributed by atoms with Crippen molar-refractivity contribution in [2.75, 3.05) is 6.61 Å². The molecule has 1 N–H and O–H groups in total. The van der Waals surface area contributed by atoms with E-state index in [2.05, 4.69) is 10.1 Å². The summed E-state index contributed by atoms with van der Waals surface area (Å²) in [5, 5.41) is 13.1. The van der Waals surface area contributed by atoms with E-state index in [1.165, 1.54) is 10.7 Å². The Kier molecular flexibility index (Phi) is 3.80.